The van der Waals surface area contributed by atoms with Crippen LogP contribution in [0.3, 0.4) is 0 Å². The largest absolute Gasteiger partial charge is 0.493 e. The van der Waals surface area contributed by atoms with E-state index in [2.05, 4.69) is 61.7 Å². The van der Waals surface area contributed by atoms with Gasteiger partial charge in [0.15, 0.2) is 8.32 Å². The van der Waals surface area contributed by atoms with Gasteiger partial charge in [-0.25, -0.2) is 4.98 Å². The number of aromatic nitrogens is 2. The van der Waals surface area contributed by atoms with Crippen molar-refractivity contribution in [3.63, 3.8) is 0 Å². The maximum absolute atomic E-state index is 11.5. The monoisotopic (exact) mass is 481 g/mol. The number of hydrogen-bond donors (Lipinski definition) is 1. The summed E-state index contributed by atoms with van der Waals surface area (Å²) in [5, 5.41) is 0.103. The molecule has 1 amide bonds. The van der Waals surface area contributed by atoms with E-state index in [1.165, 1.54) is 0 Å². The number of benzene rings is 1. The van der Waals surface area contributed by atoms with Crippen molar-refractivity contribution in [1.82, 2.24) is 9.55 Å². The molecule has 0 saturated heterocycles. The molecule has 0 unspecified atom stereocenters. The summed E-state index contributed by atoms with van der Waals surface area (Å²) < 4.78 is 15.5. The zero-order chi connectivity index (χ0) is 21.8. The topological polar surface area (TPSA) is 79.4 Å². The van der Waals surface area contributed by atoms with Crippen molar-refractivity contribution >= 4 is 30.2 Å². The second kappa shape index (κ2) is 9.45. The standard InChI is InChI=1S/C21H32BrN3O3Si/c1-15(28-29(5,6)21(2,3)4)19(25-13-18(20(23)26)24-14-25)10-11-27-17-9-7-8-16(22)12-17/h7-9,12-15,19H,10-11H2,1-6H3,(H2,23,26)/t15-,19+/m0/s1. The maximum Gasteiger partial charge on any atom is 0.268 e. The van der Waals surface area contributed by atoms with Gasteiger partial charge in [0, 0.05) is 17.1 Å². The SMILES string of the molecule is C[C@H](O[Si](C)(C)C(C)(C)C)[C@@H](CCOc1cccc(Br)c1)n1cnc(C(N)=O)c1. The van der Waals surface area contributed by atoms with Gasteiger partial charge in [0.25, 0.3) is 5.91 Å². The number of hydrogen-bond acceptors (Lipinski definition) is 4. The molecule has 0 saturated carbocycles. The van der Waals surface area contributed by atoms with Crippen molar-refractivity contribution in [2.75, 3.05) is 6.61 Å². The first-order chi connectivity index (χ1) is 13.4. The fraction of sp³-hybridized carbons (Fsp3) is 0.524. The molecule has 0 spiro atoms. The first kappa shape index (κ1) is 23.6. The Balaban J connectivity index is 2.17. The van der Waals surface area contributed by atoms with Crippen LogP contribution < -0.4 is 10.5 Å². The van der Waals surface area contributed by atoms with Crippen molar-refractivity contribution in [3.05, 3.63) is 47.0 Å². The molecule has 1 aromatic carbocycles. The van der Waals surface area contributed by atoms with E-state index in [0.29, 0.717) is 13.0 Å². The molecular formula is C21H32BrN3O3Si. The van der Waals surface area contributed by atoms with Crippen molar-refractivity contribution < 1.29 is 14.0 Å². The average Bonchev–Trinajstić information content (AvgIpc) is 3.07. The van der Waals surface area contributed by atoms with Crippen molar-refractivity contribution in [2.24, 2.45) is 5.73 Å². The van der Waals surface area contributed by atoms with Crippen LogP contribution in [-0.4, -0.2) is 36.5 Å². The van der Waals surface area contributed by atoms with E-state index in [-0.39, 0.29) is 22.9 Å². The average molecular weight is 482 g/mol. The molecule has 0 aliphatic heterocycles. The number of carbonyl (C=O) groups excluding carboxylic acids is 1. The maximum atomic E-state index is 11.5. The number of halogens is 1. The molecular weight excluding hydrogens is 450 g/mol. The number of nitrogens with zero attached hydrogens (tertiary/aromatic N) is 2. The Labute approximate surface area is 183 Å². The van der Waals surface area contributed by atoms with Crippen molar-refractivity contribution in [3.8, 4) is 5.75 Å². The van der Waals surface area contributed by atoms with E-state index in [0.717, 1.165) is 10.2 Å². The quantitative estimate of drug-likeness (QED) is 0.501. The fourth-order valence-electron chi connectivity index (χ4n) is 2.85. The third-order valence-corrected chi connectivity index (χ3v) is 10.6. The Morgan fingerprint density at radius 1 is 1.34 bits per heavy atom. The molecule has 0 fully saturated rings. The molecule has 0 aliphatic carbocycles. The normalized spacial score (nSPS) is 14.4. The molecule has 2 rings (SSSR count). The van der Waals surface area contributed by atoms with E-state index < -0.39 is 14.2 Å². The number of nitrogens with two attached hydrogens (primary N) is 1. The molecule has 1 aromatic heterocycles. The summed E-state index contributed by atoms with van der Waals surface area (Å²) in [5.74, 6) is 0.269. The van der Waals surface area contributed by atoms with Crippen LogP contribution in [-0.2, 0) is 4.43 Å². The van der Waals surface area contributed by atoms with Crippen LogP contribution in [0.2, 0.25) is 18.1 Å². The van der Waals surface area contributed by atoms with Crippen LogP contribution in [0, 0.1) is 0 Å². The van der Waals surface area contributed by atoms with Gasteiger partial charge in [-0.1, -0.05) is 42.8 Å². The summed E-state index contributed by atoms with van der Waals surface area (Å²) >= 11 is 3.46. The molecule has 1 heterocycles. The highest BCUT2D eigenvalue weighted by Crippen LogP contribution is 2.38. The molecule has 0 bridgehead atoms. The van der Waals surface area contributed by atoms with Gasteiger partial charge in [-0.15, -0.1) is 0 Å². The number of carbonyl (C=O) groups is 1. The van der Waals surface area contributed by atoms with E-state index >= 15 is 0 Å². The second-order valence-electron chi connectivity index (χ2n) is 8.82. The van der Waals surface area contributed by atoms with Gasteiger partial charge >= 0.3 is 0 Å². The number of amides is 1. The summed E-state index contributed by atoms with van der Waals surface area (Å²) in [7, 11) is -1.96. The van der Waals surface area contributed by atoms with E-state index in [9.17, 15) is 4.79 Å². The van der Waals surface area contributed by atoms with Crippen LogP contribution in [0.1, 0.15) is 50.6 Å². The number of primary amides is 1. The van der Waals surface area contributed by atoms with Crippen LogP contribution in [0.5, 0.6) is 5.75 Å². The summed E-state index contributed by atoms with van der Waals surface area (Å²) in [6.07, 6.45) is 3.97. The van der Waals surface area contributed by atoms with Gasteiger partial charge in [-0.2, -0.15) is 0 Å². The highest BCUT2D eigenvalue weighted by atomic mass is 79.9. The van der Waals surface area contributed by atoms with Gasteiger partial charge in [0.05, 0.1) is 25.1 Å². The summed E-state index contributed by atoms with van der Waals surface area (Å²) in [6, 6.07) is 7.73. The summed E-state index contributed by atoms with van der Waals surface area (Å²) in [4.78, 5) is 15.6. The highest BCUT2D eigenvalue weighted by molar-refractivity contribution is 9.10. The van der Waals surface area contributed by atoms with Crippen LogP contribution in [0.25, 0.3) is 0 Å². The minimum Gasteiger partial charge on any atom is -0.493 e. The Morgan fingerprint density at radius 2 is 2.03 bits per heavy atom. The van der Waals surface area contributed by atoms with Gasteiger partial charge in [0.1, 0.15) is 11.4 Å². The van der Waals surface area contributed by atoms with Crippen molar-refractivity contribution in [1.29, 1.82) is 0 Å². The Kier molecular flexibility index (Phi) is 7.70. The second-order valence-corrected chi connectivity index (χ2v) is 14.5. The Bertz CT molecular complexity index is 833. The number of imidazole rings is 1. The lowest BCUT2D eigenvalue weighted by atomic mass is 10.1. The Morgan fingerprint density at radius 3 is 2.59 bits per heavy atom. The third kappa shape index (κ3) is 6.42. The van der Waals surface area contributed by atoms with Gasteiger partial charge in [-0.05, 0) is 43.3 Å². The molecule has 0 radical (unpaired) electrons. The predicted molar refractivity (Wildman–Crippen MR) is 122 cm³/mol. The number of ether oxygens (including phenoxy) is 1. The van der Waals surface area contributed by atoms with Crippen LogP contribution >= 0.6 is 15.9 Å². The highest BCUT2D eigenvalue weighted by Gasteiger charge is 2.40. The minimum absolute atomic E-state index is 0.0307. The molecule has 6 nitrogen and oxygen atoms in total. The fourth-order valence-corrected chi connectivity index (χ4v) is 4.66. The molecule has 2 aromatic rings. The van der Waals surface area contributed by atoms with Crippen LogP contribution in [0.15, 0.2) is 41.3 Å². The van der Waals surface area contributed by atoms with E-state index in [1.54, 1.807) is 12.5 Å². The zero-order valence-corrected chi connectivity index (χ0v) is 20.7. The number of rotatable bonds is 9. The summed E-state index contributed by atoms with van der Waals surface area (Å²) in [5.41, 5.74) is 5.64. The minimum atomic E-state index is -1.96. The predicted octanol–water partition coefficient (Wildman–Crippen LogP) is 5.17. The smallest absolute Gasteiger partial charge is 0.268 e. The van der Waals surface area contributed by atoms with Gasteiger partial charge < -0.3 is 19.5 Å². The molecule has 29 heavy (non-hydrogen) atoms. The lowest BCUT2D eigenvalue weighted by Crippen LogP contribution is -2.45. The molecule has 2 N–H and O–H groups in total. The van der Waals surface area contributed by atoms with Gasteiger partial charge in [0.2, 0.25) is 0 Å². The van der Waals surface area contributed by atoms with Gasteiger partial charge in [-0.3, -0.25) is 4.79 Å². The van der Waals surface area contributed by atoms with Crippen LogP contribution in [0.4, 0.5) is 0 Å². The first-order valence-corrected chi connectivity index (χ1v) is 13.5. The molecule has 160 valence electrons. The first-order valence-electron chi connectivity index (χ1n) is 9.80. The Hall–Kier alpha value is -1.64. The lowest BCUT2D eigenvalue weighted by molar-refractivity contribution is 0.0994. The molecule has 8 heteroatoms. The molecule has 0 aliphatic rings. The summed E-state index contributed by atoms with van der Waals surface area (Å²) in [6.45, 7) is 13.7. The zero-order valence-electron chi connectivity index (χ0n) is 18.1. The molecule has 2 atom stereocenters. The third-order valence-electron chi connectivity index (χ3n) is 5.54. The van der Waals surface area contributed by atoms with E-state index in [1.807, 2.05) is 28.8 Å². The van der Waals surface area contributed by atoms with E-state index in [4.69, 9.17) is 14.9 Å². The lowest BCUT2D eigenvalue weighted by Gasteiger charge is -2.40. The van der Waals surface area contributed by atoms with Crippen molar-refractivity contribution in [2.45, 2.75) is 64.4 Å².